The summed E-state index contributed by atoms with van der Waals surface area (Å²) in [5.74, 6) is -0.259. The van der Waals surface area contributed by atoms with Crippen LogP contribution in [-0.2, 0) is 19.9 Å². The van der Waals surface area contributed by atoms with Gasteiger partial charge in [0.15, 0.2) is 9.84 Å². The van der Waals surface area contributed by atoms with Gasteiger partial charge >= 0.3 is 0 Å². The fourth-order valence-corrected chi connectivity index (χ4v) is 7.82. The third-order valence-corrected chi connectivity index (χ3v) is 8.37. The standard InChI is InChI=1S/C11H22N2O4S2/c1-9(12)11-4-2-3-6-13(11)19(16,17)10-5-7-18(14,15)8-10/h9-11H,2-8,12H2,1H3. The zero-order valence-corrected chi connectivity index (χ0v) is 12.8. The number of nitrogens with two attached hydrogens (primary N) is 1. The van der Waals surface area contributed by atoms with Crippen LogP contribution in [0, 0.1) is 0 Å². The average molecular weight is 310 g/mol. The molecule has 0 saturated carbocycles. The second-order valence-electron chi connectivity index (χ2n) is 5.60. The number of hydrogen-bond acceptors (Lipinski definition) is 5. The second-order valence-corrected chi connectivity index (χ2v) is 10.00. The van der Waals surface area contributed by atoms with Gasteiger partial charge in [-0.25, -0.2) is 16.8 Å². The second kappa shape index (κ2) is 5.31. The van der Waals surface area contributed by atoms with Crippen molar-refractivity contribution in [3.05, 3.63) is 0 Å². The van der Waals surface area contributed by atoms with Crippen molar-refractivity contribution >= 4 is 19.9 Å². The van der Waals surface area contributed by atoms with E-state index in [-0.39, 0.29) is 30.0 Å². The van der Waals surface area contributed by atoms with Gasteiger partial charge in [-0.1, -0.05) is 6.42 Å². The molecule has 2 fully saturated rings. The zero-order valence-electron chi connectivity index (χ0n) is 11.2. The summed E-state index contributed by atoms with van der Waals surface area (Å²) >= 11 is 0. The van der Waals surface area contributed by atoms with Crippen LogP contribution in [0.1, 0.15) is 32.6 Å². The minimum Gasteiger partial charge on any atom is -0.326 e. The molecule has 8 heteroatoms. The van der Waals surface area contributed by atoms with Gasteiger partial charge in [-0.05, 0) is 26.2 Å². The molecule has 0 bridgehead atoms. The van der Waals surface area contributed by atoms with E-state index in [2.05, 4.69) is 0 Å². The molecule has 3 atom stereocenters. The fourth-order valence-electron chi connectivity index (χ4n) is 2.96. The molecule has 0 aromatic rings. The highest BCUT2D eigenvalue weighted by molar-refractivity contribution is 7.95. The smallest absolute Gasteiger partial charge is 0.218 e. The lowest BCUT2D eigenvalue weighted by molar-refractivity contribution is 0.225. The van der Waals surface area contributed by atoms with E-state index in [1.54, 1.807) is 0 Å². The van der Waals surface area contributed by atoms with Gasteiger partial charge in [0.05, 0.1) is 16.8 Å². The Morgan fingerprint density at radius 2 is 1.95 bits per heavy atom. The maximum atomic E-state index is 12.6. The molecule has 2 aliphatic heterocycles. The van der Waals surface area contributed by atoms with Crippen molar-refractivity contribution in [3.8, 4) is 0 Å². The maximum Gasteiger partial charge on any atom is 0.218 e. The molecular weight excluding hydrogens is 288 g/mol. The molecule has 2 N–H and O–H groups in total. The van der Waals surface area contributed by atoms with Crippen LogP contribution < -0.4 is 5.73 Å². The number of sulfonamides is 1. The van der Waals surface area contributed by atoms with Crippen LogP contribution in [0.3, 0.4) is 0 Å². The van der Waals surface area contributed by atoms with Crippen molar-refractivity contribution in [1.29, 1.82) is 0 Å². The Balaban J connectivity index is 2.23. The number of sulfone groups is 1. The van der Waals surface area contributed by atoms with Gasteiger partial charge in [0.2, 0.25) is 10.0 Å². The van der Waals surface area contributed by atoms with E-state index >= 15 is 0 Å². The molecule has 0 aromatic heterocycles. The summed E-state index contributed by atoms with van der Waals surface area (Å²) in [7, 11) is -6.74. The Labute approximate surface area is 115 Å². The predicted molar refractivity (Wildman–Crippen MR) is 74.0 cm³/mol. The van der Waals surface area contributed by atoms with Gasteiger partial charge in [0.1, 0.15) is 0 Å². The summed E-state index contributed by atoms with van der Waals surface area (Å²) in [6, 6.07) is -0.421. The van der Waals surface area contributed by atoms with Crippen molar-refractivity contribution in [3.63, 3.8) is 0 Å². The van der Waals surface area contributed by atoms with Crippen LogP contribution in [-0.4, -0.2) is 56.5 Å². The lowest BCUT2D eigenvalue weighted by Crippen LogP contribution is -2.54. The van der Waals surface area contributed by atoms with Gasteiger partial charge in [0, 0.05) is 18.6 Å². The molecule has 2 aliphatic rings. The predicted octanol–water partition coefficient (Wildman–Crippen LogP) is -0.295. The van der Waals surface area contributed by atoms with Crippen molar-refractivity contribution < 1.29 is 16.8 Å². The Morgan fingerprint density at radius 3 is 2.47 bits per heavy atom. The Kier molecular flexibility index (Phi) is 4.25. The Bertz CT molecular complexity index is 527. The molecular formula is C11H22N2O4S2. The van der Waals surface area contributed by atoms with E-state index in [1.165, 1.54) is 4.31 Å². The zero-order chi connectivity index (χ0) is 14.3. The minimum absolute atomic E-state index is 0.0203. The Morgan fingerprint density at radius 1 is 1.26 bits per heavy atom. The molecule has 2 saturated heterocycles. The van der Waals surface area contributed by atoms with Gasteiger partial charge < -0.3 is 5.73 Å². The first-order chi connectivity index (χ1) is 8.74. The summed E-state index contributed by atoms with van der Waals surface area (Å²) in [6.45, 7) is 2.27. The summed E-state index contributed by atoms with van der Waals surface area (Å²) < 4.78 is 49.6. The summed E-state index contributed by atoms with van der Waals surface area (Å²) in [5.41, 5.74) is 5.88. The third kappa shape index (κ3) is 3.12. The molecule has 0 spiro atoms. The lowest BCUT2D eigenvalue weighted by atomic mass is 10.00. The highest BCUT2D eigenvalue weighted by Gasteiger charge is 2.43. The van der Waals surface area contributed by atoms with Crippen molar-refractivity contribution in [2.75, 3.05) is 18.1 Å². The SMILES string of the molecule is CC(N)C1CCCCN1S(=O)(=O)C1CCS(=O)(=O)C1. The molecule has 0 amide bonds. The van der Waals surface area contributed by atoms with E-state index in [4.69, 9.17) is 5.73 Å². The number of piperidine rings is 1. The van der Waals surface area contributed by atoms with Crippen LogP contribution in [0.15, 0.2) is 0 Å². The lowest BCUT2D eigenvalue weighted by Gasteiger charge is -2.38. The molecule has 112 valence electrons. The number of hydrogen-bond donors (Lipinski definition) is 1. The van der Waals surface area contributed by atoms with Gasteiger partial charge in [-0.2, -0.15) is 4.31 Å². The van der Waals surface area contributed by atoms with Crippen molar-refractivity contribution in [1.82, 2.24) is 4.31 Å². The van der Waals surface area contributed by atoms with Crippen LogP contribution in [0.25, 0.3) is 0 Å². The van der Waals surface area contributed by atoms with Crippen LogP contribution in [0.5, 0.6) is 0 Å². The molecule has 19 heavy (non-hydrogen) atoms. The van der Waals surface area contributed by atoms with Crippen molar-refractivity contribution in [2.24, 2.45) is 5.73 Å². The minimum atomic E-state index is -3.55. The third-order valence-electron chi connectivity index (χ3n) is 4.04. The maximum absolute atomic E-state index is 12.6. The molecule has 0 aromatic carbocycles. The molecule has 6 nitrogen and oxygen atoms in total. The monoisotopic (exact) mass is 310 g/mol. The topological polar surface area (TPSA) is 97.5 Å². The van der Waals surface area contributed by atoms with E-state index in [9.17, 15) is 16.8 Å². The fraction of sp³-hybridized carbons (Fsp3) is 1.00. The molecule has 3 unspecified atom stereocenters. The van der Waals surface area contributed by atoms with E-state index in [0.717, 1.165) is 19.3 Å². The Hall–Kier alpha value is -0.180. The van der Waals surface area contributed by atoms with Crippen LogP contribution >= 0.6 is 0 Å². The molecule has 0 radical (unpaired) electrons. The first-order valence-corrected chi connectivity index (χ1v) is 10.0. The first-order valence-electron chi connectivity index (χ1n) is 6.71. The molecule has 2 rings (SSSR count). The van der Waals surface area contributed by atoms with E-state index in [1.807, 2.05) is 6.92 Å². The largest absolute Gasteiger partial charge is 0.326 e. The number of rotatable bonds is 3. The quantitative estimate of drug-likeness (QED) is 0.772. The van der Waals surface area contributed by atoms with Crippen LogP contribution in [0.2, 0.25) is 0 Å². The molecule has 2 heterocycles. The van der Waals surface area contributed by atoms with Gasteiger partial charge in [-0.15, -0.1) is 0 Å². The summed E-state index contributed by atoms with van der Waals surface area (Å²) in [6.07, 6.45) is 2.77. The number of nitrogens with zero attached hydrogens (tertiary/aromatic N) is 1. The molecule has 0 aliphatic carbocycles. The summed E-state index contributed by atoms with van der Waals surface area (Å²) in [4.78, 5) is 0. The highest BCUT2D eigenvalue weighted by Crippen LogP contribution is 2.28. The highest BCUT2D eigenvalue weighted by atomic mass is 32.2. The van der Waals surface area contributed by atoms with Gasteiger partial charge in [-0.3, -0.25) is 0 Å². The van der Waals surface area contributed by atoms with E-state index in [0.29, 0.717) is 6.54 Å². The summed E-state index contributed by atoms with van der Waals surface area (Å²) in [5, 5.41) is -0.781. The first kappa shape index (κ1) is 15.2. The van der Waals surface area contributed by atoms with Crippen LogP contribution in [0.4, 0.5) is 0 Å². The normalized spacial score (nSPS) is 34.2. The van der Waals surface area contributed by atoms with E-state index < -0.39 is 25.1 Å². The van der Waals surface area contributed by atoms with Crippen molar-refractivity contribution in [2.45, 2.75) is 49.9 Å². The average Bonchev–Trinajstić information content (AvgIpc) is 2.70. The van der Waals surface area contributed by atoms with Gasteiger partial charge in [0.25, 0.3) is 0 Å².